The van der Waals surface area contributed by atoms with Gasteiger partial charge in [0.2, 0.25) is 0 Å². The van der Waals surface area contributed by atoms with Crippen molar-refractivity contribution >= 4 is 22.0 Å². The number of hydrogen-bond donors (Lipinski definition) is 0. The molecule has 0 bridgehead atoms. The Morgan fingerprint density at radius 2 is 1.75 bits per heavy atom. The largest absolute Gasteiger partial charge is 0.497 e. The van der Waals surface area contributed by atoms with Gasteiger partial charge in [-0.1, -0.05) is 0 Å². The quantitative estimate of drug-likeness (QED) is 0.802. The van der Waals surface area contributed by atoms with Gasteiger partial charge in [0.1, 0.15) is 10.7 Å². The second-order valence-electron chi connectivity index (χ2n) is 4.42. The number of allylic oxidation sites excluding steroid dienone is 4. The van der Waals surface area contributed by atoms with E-state index in [1.807, 2.05) is 0 Å². The number of hydrogen-bond acceptors (Lipinski definition) is 4. The van der Waals surface area contributed by atoms with Gasteiger partial charge >= 0.3 is 0 Å². The predicted molar refractivity (Wildman–Crippen MR) is 76.9 cm³/mol. The van der Waals surface area contributed by atoms with Crippen molar-refractivity contribution in [3.63, 3.8) is 0 Å². The van der Waals surface area contributed by atoms with Crippen LogP contribution in [0.3, 0.4) is 0 Å². The van der Waals surface area contributed by atoms with Gasteiger partial charge in [-0.05, 0) is 49.8 Å². The van der Waals surface area contributed by atoms with E-state index in [0.717, 1.165) is 4.31 Å². The second kappa shape index (κ2) is 5.13. The van der Waals surface area contributed by atoms with Crippen molar-refractivity contribution in [2.24, 2.45) is 0 Å². The Bertz CT molecular complexity index is 699. The summed E-state index contributed by atoms with van der Waals surface area (Å²) in [7, 11) is -2.31. The number of nitrogens with zero attached hydrogens (tertiary/aromatic N) is 1. The van der Waals surface area contributed by atoms with Crippen LogP contribution in [0, 0.1) is 0 Å². The molecule has 1 heterocycles. The van der Waals surface area contributed by atoms with Crippen LogP contribution >= 0.6 is 0 Å². The first-order valence-electron chi connectivity index (χ1n) is 5.95. The molecular formula is C14H15NO4S. The van der Waals surface area contributed by atoms with E-state index in [9.17, 15) is 13.2 Å². The van der Waals surface area contributed by atoms with Crippen molar-refractivity contribution in [1.29, 1.82) is 0 Å². The third-order valence-electron chi connectivity index (χ3n) is 3.07. The highest BCUT2D eigenvalue weighted by molar-refractivity contribution is 7.97. The Labute approximate surface area is 118 Å². The Morgan fingerprint density at radius 1 is 1.15 bits per heavy atom. The fraction of sp³-hybridized carbons (Fsp3) is 0.214. The molecule has 0 radical (unpaired) electrons. The Hall–Kier alpha value is -2.08. The molecule has 1 aromatic rings. The molecule has 0 aliphatic carbocycles. The summed E-state index contributed by atoms with van der Waals surface area (Å²) in [6.07, 6.45) is 2.05. The van der Waals surface area contributed by atoms with Gasteiger partial charge < -0.3 is 4.74 Å². The first-order chi connectivity index (χ1) is 9.41. The topological polar surface area (TPSA) is 63.7 Å². The van der Waals surface area contributed by atoms with Crippen molar-refractivity contribution in [2.75, 3.05) is 11.4 Å². The lowest BCUT2D eigenvalue weighted by molar-refractivity contribution is -0.104. The maximum atomic E-state index is 12.5. The molecule has 0 fully saturated rings. The summed E-state index contributed by atoms with van der Waals surface area (Å²) in [5.41, 5.74) is 1.45. The second-order valence-corrected chi connectivity index (χ2v) is 6.17. The summed E-state index contributed by atoms with van der Waals surface area (Å²) < 4.78 is 31.2. The van der Waals surface area contributed by atoms with Gasteiger partial charge in [0, 0.05) is 5.70 Å². The average Bonchev–Trinajstić information content (AvgIpc) is 2.38. The highest BCUT2D eigenvalue weighted by Crippen LogP contribution is 2.33. The number of aldehydes is 1. The van der Waals surface area contributed by atoms with E-state index in [1.54, 1.807) is 44.2 Å². The Balaban J connectivity index is 2.57. The molecule has 0 saturated heterocycles. The van der Waals surface area contributed by atoms with Crippen molar-refractivity contribution in [1.82, 2.24) is 0 Å². The summed E-state index contributed by atoms with van der Waals surface area (Å²) in [5.74, 6) is 0.632. The van der Waals surface area contributed by atoms with E-state index in [4.69, 9.17) is 4.74 Å². The first-order valence-corrected chi connectivity index (χ1v) is 7.39. The minimum absolute atomic E-state index is 0.209. The fourth-order valence-corrected chi connectivity index (χ4v) is 3.76. The highest BCUT2D eigenvalue weighted by atomic mass is 32.2. The summed E-state index contributed by atoms with van der Waals surface area (Å²) in [4.78, 5) is 10.8. The highest BCUT2D eigenvalue weighted by Gasteiger charge is 2.32. The van der Waals surface area contributed by atoms with Crippen molar-refractivity contribution < 1.29 is 17.9 Å². The molecular weight excluding hydrogens is 278 g/mol. The minimum Gasteiger partial charge on any atom is -0.497 e. The van der Waals surface area contributed by atoms with E-state index in [1.165, 1.54) is 7.11 Å². The summed E-state index contributed by atoms with van der Waals surface area (Å²) in [6, 6.07) is 6.61. The average molecular weight is 293 g/mol. The lowest BCUT2D eigenvalue weighted by atomic mass is 10.2. The molecule has 0 atom stereocenters. The molecule has 5 nitrogen and oxygen atoms in total. The minimum atomic E-state index is -3.85. The van der Waals surface area contributed by atoms with Crippen LogP contribution in [-0.4, -0.2) is 21.8 Å². The van der Waals surface area contributed by atoms with Gasteiger partial charge in [-0.3, -0.25) is 4.79 Å². The lowest BCUT2D eigenvalue weighted by Gasteiger charge is -2.28. The summed E-state index contributed by atoms with van der Waals surface area (Å²) in [6.45, 7) is 3.29. The van der Waals surface area contributed by atoms with Crippen LogP contribution in [0.2, 0.25) is 0 Å². The number of carbonyl (C=O) groups is 1. The van der Waals surface area contributed by atoms with E-state index >= 15 is 0 Å². The van der Waals surface area contributed by atoms with Crippen LogP contribution in [0.5, 0.6) is 5.75 Å². The van der Waals surface area contributed by atoms with Gasteiger partial charge in [-0.25, -0.2) is 12.7 Å². The monoisotopic (exact) mass is 293 g/mol. The molecule has 20 heavy (non-hydrogen) atoms. The number of carbonyl (C=O) groups excluding carboxylic acids is 1. The normalized spacial score (nSPS) is 17.8. The molecule has 1 aromatic carbocycles. The first kappa shape index (κ1) is 14.3. The van der Waals surface area contributed by atoms with E-state index in [2.05, 4.69) is 0 Å². The molecule has 2 rings (SSSR count). The standard InChI is InChI=1S/C14H15NO4S/c1-10-8-11(2)15(20(17,18)14(10)9-16)12-4-6-13(19-3)7-5-12/h4-9H,1-3H3. The maximum Gasteiger partial charge on any atom is 0.271 e. The van der Waals surface area contributed by atoms with Crippen LogP contribution in [0.1, 0.15) is 13.8 Å². The van der Waals surface area contributed by atoms with E-state index in [0.29, 0.717) is 29.0 Å². The molecule has 0 N–H and O–H groups in total. The fourth-order valence-electron chi connectivity index (χ4n) is 2.15. The van der Waals surface area contributed by atoms with Gasteiger partial charge in [0.05, 0.1) is 12.8 Å². The molecule has 0 spiro atoms. The van der Waals surface area contributed by atoms with Gasteiger partial charge in [-0.15, -0.1) is 0 Å². The van der Waals surface area contributed by atoms with Crippen molar-refractivity contribution in [2.45, 2.75) is 13.8 Å². The van der Waals surface area contributed by atoms with Gasteiger partial charge in [-0.2, -0.15) is 0 Å². The molecule has 0 unspecified atom stereocenters. The molecule has 6 heteroatoms. The van der Waals surface area contributed by atoms with Crippen LogP contribution < -0.4 is 9.04 Å². The number of ether oxygens (including phenoxy) is 1. The molecule has 0 amide bonds. The molecule has 1 aliphatic rings. The lowest BCUT2D eigenvalue weighted by Crippen LogP contribution is -2.33. The molecule has 1 aliphatic heterocycles. The smallest absolute Gasteiger partial charge is 0.271 e. The Morgan fingerprint density at radius 3 is 2.25 bits per heavy atom. The van der Waals surface area contributed by atoms with Crippen LogP contribution in [0.25, 0.3) is 0 Å². The summed E-state index contributed by atoms with van der Waals surface area (Å²) in [5, 5.41) is 0. The van der Waals surface area contributed by atoms with E-state index < -0.39 is 10.0 Å². The number of rotatable bonds is 3. The van der Waals surface area contributed by atoms with Crippen LogP contribution in [0.4, 0.5) is 5.69 Å². The maximum absolute atomic E-state index is 12.5. The molecule has 0 saturated carbocycles. The number of methoxy groups -OCH3 is 1. The van der Waals surface area contributed by atoms with E-state index in [-0.39, 0.29) is 4.91 Å². The van der Waals surface area contributed by atoms with Crippen molar-refractivity contribution in [3.8, 4) is 5.75 Å². The SMILES string of the molecule is COc1ccc(N2C(C)=CC(C)=C(C=O)S2(=O)=O)cc1. The number of anilines is 1. The molecule has 106 valence electrons. The third-order valence-corrected chi connectivity index (χ3v) is 5.02. The van der Waals surface area contributed by atoms with Crippen LogP contribution in [0.15, 0.2) is 46.5 Å². The van der Waals surface area contributed by atoms with Gasteiger partial charge in [0.25, 0.3) is 10.0 Å². The number of sulfonamides is 1. The number of benzene rings is 1. The molecule has 0 aromatic heterocycles. The summed E-state index contributed by atoms with van der Waals surface area (Å²) >= 11 is 0. The zero-order chi connectivity index (χ0) is 14.9. The zero-order valence-corrected chi connectivity index (χ0v) is 12.3. The predicted octanol–water partition coefficient (Wildman–Crippen LogP) is 2.22. The van der Waals surface area contributed by atoms with Crippen molar-refractivity contribution in [3.05, 3.63) is 46.5 Å². The third kappa shape index (κ3) is 2.22. The Kier molecular flexibility index (Phi) is 3.67. The zero-order valence-electron chi connectivity index (χ0n) is 11.5. The van der Waals surface area contributed by atoms with Crippen LogP contribution in [-0.2, 0) is 14.8 Å². The van der Waals surface area contributed by atoms with Gasteiger partial charge in [0.15, 0.2) is 6.29 Å².